The predicted molar refractivity (Wildman–Crippen MR) is 91.0 cm³/mol. The van der Waals surface area contributed by atoms with Gasteiger partial charge in [-0.05, 0) is 0 Å². The molecule has 2 fully saturated rings. The van der Waals surface area contributed by atoms with Crippen LogP contribution in [-0.2, 0) is 4.74 Å². The summed E-state index contributed by atoms with van der Waals surface area (Å²) in [6, 6.07) is 0. The Bertz CT molecular complexity index is 58.8. The van der Waals surface area contributed by atoms with E-state index < -0.39 is 0 Å². The maximum Gasteiger partial charge on any atom is 0.0351 e. The third kappa shape index (κ3) is 32.0. The van der Waals surface area contributed by atoms with E-state index in [1.165, 1.54) is 77.0 Å². The van der Waals surface area contributed by atoms with Gasteiger partial charge in [-0.3, -0.25) is 0 Å². The van der Waals surface area contributed by atoms with E-state index in [0.29, 0.717) is 0 Å². The maximum absolute atomic E-state index is 4.25. The lowest BCUT2D eigenvalue weighted by atomic mass is 10.0. The summed E-state index contributed by atoms with van der Waals surface area (Å²) in [7, 11) is 3.25. The maximum atomic E-state index is 4.25. The fourth-order valence-electron chi connectivity index (χ4n) is 2.12. The summed E-state index contributed by atoms with van der Waals surface area (Å²) in [4.78, 5) is 0. The minimum Gasteiger partial charge on any atom is -0.388 e. The van der Waals surface area contributed by atoms with Gasteiger partial charge in [0.2, 0.25) is 0 Å². The van der Waals surface area contributed by atoms with E-state index in [1.54, 1.807) is 14.2 Å². The van der Waals surface area contributed by atoms with Crippen molar-refractivity contribution in [2.75, 3.05) is 14.2 Å². The quantitative estimate of drug-likeness (QED) is 0.462. The van der Waals surface area contributed by atoms with Crippen LogP contribution in [0.15, 0.2) is 0 Å². The largest absolute Gasteiger partial charge is 0.388 e. The van der Waals surface area contributed by atoms with Crippen LogP contribution in [0.2, 0.25) is 0 Å². The molecule has 0 bridgehead atoms. The van der Waals surface area contributed by atoms with Crippen molar-refractivity contribution < 1.29 is 4.74 Å². The molecule has 2 rings (SSSR count). The minimum absolute atomic E-state index is 1.50. The monoisotopic (exact) mass is 274 g/mol. The van der Waals surface area contributed by atoms with E-state index in [0.717, 1.165) is 0 Å². The Morgan fingerprint density at radius 3 is 0.474 bits per heavy atom. The van der Waals surface area contributed by atoms with Gasteiger partial charge in [0.15, 0.2) is 0 Å². The Morgan fingerprint density at radius 2 is 0.421 bits per heavy atom. The number of hydrogen-bond donors (Lipinski definition) is 0. The Hall–Kier alpha value is -0.0400. The van der Waals surface area contributed by atoms with Gasteiger partial charge >= 0.3 is 0 Å². The molecule has 0 heterocycles. The SMILES string of the molecule is C1CCCCC1.C1CCCCC1.CC.CC.COC. The topological polar surface area (TPSA) is 9.23 Å². The lowest BCUT2D eigenvalue weighted by Crippen LogP contribution is -1.85. The fraction of sp³-hybridized carbons (Fsp3) is 1.00. The van der Waals surface area contributed by atoms with Crippen LogP contribution in [0.3, 0.4) is 0 Å². The first kappa shape index (κ1) is 24.0. The standard InChI is InChI=1S/2C6H12.C2H6O.2C2H6/c2*1-2-4-6-5-3-1;1-3-2;2*1-2/h2*1-6H2;1-2H3;2*1-2H3. The molecule has 0 saturated heterocycles. The van der Waals surface area contributed by atoms with E-state index in [2.05, 4.69) is 4.74 Å². The molecule has 120 valence electrons. The van der Waals surface area contributed by atoms with Gasteiger partial charge in [0.1, 0.15) is 0 Å². The second kappa shape index (κ2) is 30.8. The summed E-state index contributed by atoms with van der Waals surface area (Å²) >= 11 is 0. The molecule has 0 amide bonds. The van der Waals surface area contributed by atoms with Gasteiger partial charge < -0.3 is 4.74 Å². The molecule has 0 aromatic carbocycles. The fourth-order valence-corrected chi connectivity index (χ4v) is 2.12. The summed E-state index contributed by atoms with van der Waals surface area (Å²) in [6.07, 6.45) is 18.0. The van der Waals surface area contributed by atoms with Crippen LogP contribution in [0.5, 0.6) is 0 Å². The van der Waals surface area contributed by atoms with Crippen LogP contribution in [0.1, 0.15) is 105 Å². The molecule has 2 aliphatic carbocycles. The normalized spacial score (nSPS) is 16.7. The summed E-state index contributed by atoms with van der Waals surface area (Å²) in [6.45, 7) is 8.00. The molecule has 1 heteroatoms. The number of hydrogen-bond acceptors (Lipinski definition) is 1. The summed E-state index contributed by atoms with van der Waals surface area (Å²) in [5.41, 5.74) is 0. The van der Waals surface area contributed by atoms with Crippen molar-refractivity contribution in [1.29, 1.82) is 0 Å². The van der Waals surface area contributed by atoms with Crippen LogP contribution in [0, 0.1) is 0 Å². The van der Waals surface area contributed by atoms with E-state index in [-0.39, 0.29) is 0 Å². The van der Waals surface area contributed by atoms with Crippen molar-refractivity contribution in [3.05, 3.63) is 0 Å². The summed E-state index contributed by atoms with van der Waals surface area (Å²) in [5.74, 6) is 0. The first-order chi connectivity index (χ1) is 9.41. The van der Waals surface area contributed by atoms with Gasteiger partial charge in [-0.25, -0.2) is 0 Å². The van der Waals surface area contributed by atoms with Crippen molar-refractivity contribution in [2.45, 2.75) is 105 Å². The van der Waals surface area contributed by atoms with Crippen LogP contribution in [0.25, 0.3) is 0 Å². The van der Waals surface area contributed by atoms with Gasteiger partial charge in [-0.2, -0.15) is 0 Å². The highest BCUT2D eigenvalue weighted by atomic mass is 16.4. The second-order valence-electron chi connectivity index (χ2n) is 4.65. The highest BCUT2D eigenvalue weighted by Gasteiger charge is 1.96. The molecule has 1 nitrogen and oxygen atoms in total. The molecule has 2 saturated carbocycles. The van der Waals surface area contributed by atoms with Crippen molar-refractivity contribution in [2.24, 2.45) is 0 Å². The first-order valence-electron chi connectivity index (χ1n) is 8.82. The Balaban J connectivity index is -0.000000187. The van der Waals surface area contributed by atoms with E-state index >= 15 is 0 Å². The number of ether oxygens (including phenoxy) is 1. The first-order valence-corrected chi connectivity index (χ1v) is 8.82. The summed E-state index contributed by atoms with van der Waals surface area (Å²) < 4.78 is 4.25. The zero-order valence-electron chi connectivity index (χ0n) is 14.9. The Kier molecular flexibility index (Phi) is 38.9. The molecule has 0 spiro atoms. The lowest BCUT2D eigenvalue weighted by Gasteiger charge is -2.05. The summed E-state index contributed by atoms with van der Waals surface area (Å²) in [5, 5.41) is 0. The molecule has 0 N–H and O–H groups in total. The highest BCUT2D eigenvalue weighted by Crippen LogP contribution is 2.15. The molecular weight excluding hydrogens is 232 g/mol. The molecular formula is C18H42O. The lowest BCUT2D eigenvalue weighted by molar-refractivity contribution is 0.277. The average Bonchev–Trinajstić information content (AvgIpc) is 2.56. The molecule has 0 radical (unpaired) electrons. The van der Waals surface area contributed by atoms with Crippen molar-refractivity contribution in [1.82, 2.24) is 0 Å². The molecule has 2 aliphatic rings. The molecule has 0 aromatic rings. The molecule has 0 aliphatic heterocycles. The van der Waals surface area contributed by atoms with Crippen molar-refractivity contribution in [3.8, 4) is 0 Å². The number of rotatable bonds is 0. The van der Waals surface area contributed by atoms with E-state index in [4.69, 9.17) is 0 Å². The molecule has 0 atom stereocenters. The molecule has 19 heavy (non-hydrogen) atoms. The van der Waals surface area contributed by atoms with Crippen molar-refractivity contribution >= 4 is 0 Å². The average molecular weight is 275 g/mol. The third-order valence-electron chi connectivity index (χ3n) is 3.00. The predicted octanol–water partition coefficient (Wildman–Crippen LogP) is 7.00. The van der Waals surface area contributed by atoms with E-state index in [9.17, 15) is 0 Å². The molecule has 0 unspecified atom stereocenters. The number of methoxy groups -OCH3 is 1. The smallest absolute Gasteiger partial charge is 0.0351 e. The molecule has 0 aromatic heterocycles. The van der Waals surface area contributed by atoms with Gasteiger partial charge in [0.05, 0.1) is 0 Å². The van der Waals surface area contributed by atoms with Gasteiger partial charge in [0, 0.05) is 14.2 Å². The van der Waals surface area contributed by atoms with Crippen LogP contribution >= 0.6 is 0 Å². The third-order valence-corrected chi connectivity index (χ3v) is 3.00. The van der Waals surface area contributed by atoms with Gasteiger partial charge in [0.25, 0.3) is 0 Å². The highest BCUT2D eigenvalue weighted by molar-refractivity contribution is 4.51. The second-order valence-corrected chi connectivity index (χ2v) is 4.65. The van der Waals surface area contributed by atoms with Crippen molar-refractivity contribution in [3.63, 3.8) is 0 Å². The Labute approximate surface area is 124 Å². The van der Waals surface area contributed by atoms with Crippen LogP contribution in [-0.4, -0.2) is 14.2 Å². The minimum atomic E-state index is 1.50. The van der Waals surface area contributed by atoms with E-state index in [1.807, 2.05) is 27.7 Å². The van der Waals surface area contributed by atoms with Crippen LogP contribution in [0.4, 0.5) is 0 Å². The zero-order valence-corrected chi connectivity index (χ0v) is 14.9. The zero-order chi connectivity index (χ0) is 15.2. The van der Waals surface area contributed by atoms with Crippen LogP contribution < -0.4 is 0 Å². The Morgan fingerprint density at radius 1 is 0.368 bits per heavy atom. The van der Waals surface area contributed by atoms with Gasteiger partial charge in [-0.1, -0.05) is 105 Å². The van der Waals surface area contributed by atoms with Gasteiger partial charge in [-0.15, -0.1) is 0 Å².